The lowest BCUT2D eigenvalue weighted by atomic mass is 9.92. The van der Waals surface area contributed by atoms with E-state index >= 15 is 0 Å². The van der Waals surface area contributed by atoms with Crippen LogP contribution in [0.5, 0.6) is 5.75 Å². The van der Waals surface area contributed by atoms with Gasteiger partial charge in [-0.3, -0.25) is 0 Å². The van der Waals surface area contributed by atoms with Crippen molar-refractivity contribution in [2.24, 2.45) is 0 Å². The second-order valence-corrected chi connectivity index (χ2v) is 12.1. The molecule has 2 unspecified atom stereocenters. The van der Waals surface area contributed by atoms with E-state index in [0.29, 0.717) is 24.6 Å². The number of allylic oxidation sites excluding steroid dienone is 6. The predicted molar refractivity (Wildman–Crippen MR) is 170 cm³/mol. The Labute approximate surface area is 241 Å². The Morgan fingerprint density at radius 3 is 2.39 bits per heavy atom. The van der Waals surface area contributed by atoms with Gasteiger partial charge in [-0.25, -0.2) is 8.42 Å². The van der Waals surface area contributed by atoms with Gasteiger partial charge in [0.15, 0.2) is 0 Å². The van der Waals surface area contributed by atoms with E-state index in [4.69, 9.17) is 27.0 Å². The van der Waals surface area contributed by atoms with Crippen LogP contribution in [0.2, 0.25) is 0 Å². The summed E-state index contributed by atoms with van der Waals surface area (Å²) in [5.41, 5.74) is 3.60. The van der Waals surface area contributed by atoms with Crippen LogP contribution in [0.15, 0.2) is 95.6 Å². The average molecular weight is 600 g/mol. The molecule has 2 heterocycles. The molecule has 0 fully saturated rings. The van der Waals surface area contributed by atoms with Crippen molar-refractivity contribution in [1.29, 1.82) is 0 Å². The van der Waals surface area contributed by atoms with Crippen molar-refractivity contribution in [3.05, 3.63) is 101 Å². The minimum atomic E-state index is -3.82. The summed E-state index contributed by atoms with van der Waals surface area (Å²) in [4.78, 5) is 0. The van der Waals surface area contributed by atoms with Crippen molar-refractivity contribution in [2.45, 2.75) is 40.2 Å². The molecule has 2 aliphatic rings. The smallest absolute Gasteiger partial charge is 0.250 e. The maximum absolute atomic E-state index is 13.7. The highest BCUT2D eigenvalue weighted by Crippen LogP contribution is 2.38. The Hall–Kier alpha value is -2.03. The Morgan fingerprint density at radius 1 is 1.21 bits per heavy atom. The maximum atomic E-state index is 13.7. The first-order valence-electron chi connectivity index (χ1n) is 12.6. The number of halogens is 2. The van der Waals surface area contributed by atoms with Crippen molar-refractivity contribution in [2.75, 3.05) is 26.6 Å². The molecule has 0 bridgehead atoms. The van der Waals surface area contributed by atoms with Gasteiger partial charge < -0.3 is 10.1 Å². The highest BCUT2D eigenvalue weighted by molar-refractivity contribution is 8.44. The van der Waals surface area contributed by atoms with Gasteiger partial charge in [0, 0.05) is 25.2 Å². The van der Waals surface area contributed by atoms with Gasteiger partial charge in [-0.1, -0.05) is 76.8 Å². The second-order valence-electron chi connectivity index (χ2n) is 7.40. The summed E-state index contributed by atoms with van der Waals surface area (Å²) in [6.45, 7) is 12.3. The number of nitrogens with one attached hydrogen (secondary N) is 1. The van der Waals surface area contributed by atoms with Gasteiger partial charge in [-0.2, -0.15) is 4.31 Å². The van der Waals surface area contributed by atoms with Crippen LogP contribution in [0, 0.1) is 0 Å². The third kappa shape index (κ3) is 8.48. The first kappa shape index (κ1) is 34.0. The van der Waals surface area contributed by atoms with Crippen LogP contribution in [0.4, 0.5) is 0 Å². The van der Waals surface area contributed by atoms with E-state index < -0.39 is 25.8 Å². The van der Waals surface area contributed by atoms with Crippen molar-refractivity contribution in [3.63, 3.8) is 0 Å². The molecule has 0 aliphatic carbocycles. The number of likely N-dealkylation sites (N-methyl/N-ethyl adjacent to an activating group) is 1. The summed E-state index contributed by atoms with van der Waals surface area (Å²) in [7, 11) is 5.00. The molecule has 9 heteroatoms. The van der Waals surface area contributed by atoms with E-state index in [2.05, 4.69) is 11.9 Å². The number of rotatable bonds is 8. The van der Waals surface area contributed by atoms with Crippen LogP contribution in [0.25, 0.3) is 0 Å². The van der Waals surface area contributed by atoms with E-state index in [1.165, 1.54) is 4.31 Å². The van der Waals surface area contributed by atoms with E-state index in [1.807, 2.05) is 77.2 Å². The fourth-order valence-corrected chi connectivity index (χ4v) is 8.11. The Kier molecular flexibility index (Phi) is 15.7. The molecular weight excluding hydrogens is 559 g/mol. The molecule has 2 atom stereocenters. The number of sulfonamides is 1. The minimum Gasteiger partial charge on any atom is -0.497 e. The van der Waals surface area contributed by atoms with Gasteiger partial charge in [0.05, 0.1) is 13.2 Å². The summed E-state index contributed by atoms with van der Waals surface area (Å²) >= 11 is 5.84. The molecule has 1 N–H and O–H groups in total. The van der Waals surface area contributed by atoms with E-state index in [0.717, 1.165) is 22.4 Å². The molecule has 0 saturated heterocycles. The van der Waals surface area contributed by atoms with Crippen LogP contribution in [0.3, 0.4) is 0 Å². The predicted octanol–water partition coefficient (Wildman–Crippen LogP) is 7.84. The highest BCUT2D eigenvalue weighted by atomic mass is 35.7. The zero-order valence-electron chi connectivity index (χ0n) is 23.1. The average Bonchev–Trinajstić information content (AvgIpc) is 2.97. The van der Waals surface area contributed by atoms with Crippen molar-refractivity contribution < 1.29 is 13.2 Å². The lowest BCUT2D eigenvalue weighted by Crippen LogP contribution is -2.41. The molecule has 3 rings (SSSR count). The van der Waals surface area contributed by atoms with E-state index in [1.54, 1.807) is 36.8 Å². The Bertz CT molecular complexity index is 1210. The van der Waals surface area contributed by atoms with Crippen molar-refractivity contribution in [3.8, 4) is 5.75 Å². The number of methoxy groups -OCH3 is 1. The molecule has 5 nitrogen and oxygen atoms in total. The van der Waals surface area contributed by atoms with Gasteiger partial charge in [0.2, 0.25) is 0 Å². The second kappa shape index (κ2) is 17.5. The molecule has 0 radical (unpaired) electrons. The molecule has 0 saturated carbocycles. The number of benzene rings is 1. The number of hydrogen-bond acceptors (Lipinski definition) is 4. The number of alkyl halides is 1. The standard InChI is InChI=1S/C25H28Cl2N2O3S2.2C2H6/c1-4-22(23(28-2)8-7-15-26)20-14-16-29(34(30,31)25-9-5-6-17-33(25)27)24(18-20)19-10-12-21(32-3)13-11-19;2*1-2/h4-13,17-18,24,28H,1,14-16H2,2-3H3;2*1-2H3/b8-7-,23-22-;;. The van der Waals surface area contributed by atoms with Crippen LogP contribution in [0.1, 0.15) is 45.7 Å². The molecule has 38 heavy (non-hydrogen) atoms. The third-order valence-electron chi connectivity index (χ3n) is 5.51. The normalized spacial score (nSPS) is 19.9. The molecule has 0 amide bonds. The SMILES string of the molecule is C=C/C(C1=CC(c2ccc(OC)cc2)N(S(=O)(=O)C2=S(Cl)C=CC=C2)CC1)=C(\C=C/CCl)NC.CC.CC. The number of nitrogens with zero attached hydrogens (tertiary/aromatic N) is 1. The summed E-state index contributed by atoms with van der Waals surface area (Å²) in [5, 5.41) is 4.89. The topological polar surface area (TPSA) is 58.6 Å². The van der Waals surface area contributed by atoms with Crippen molar-refractivity contribution >= 4 is 46.2 Å². The van der Waals surface area contributed by atoms with Crippen LogP contribution < -0.4 is 10.1 Å². The summed E-state index contributed by atoms with van der Waals surface area (Å²) in [5.74, 6) is 1.08. The maximum Gasteiger partial charge on any atom is 0.250 e. The van der Waals surface area contributed by atoms with Gasteiger partial charge in [0.1, 0.15) is 9.95 Å². The Balaban J connectivity index is 0.00000172. The Morgan fingerprint density at radius 2 is 1.87 bits per heavy atom. The molecule has 1 aromatic rings. The highest BCUT2D eigenvalue weighted by Gasteiger charge is 2.36. The van der Waals surface area contributed by atoms with E-state index in [9.17, 15) is 8.42 Å². The molecule has 1 aromatic carbocycles. The van der Waals surface area contributed by atoms with Crippen molar-refractivity contribution in [1.82, 2.24) is 9.62 Å². The summed E-state index contributed by atoms with van der Waals surface area (Å²) < 4.78 is 34.5. The first-order chi connectivity index (χ1) is 18.4. The minimum absolute atomic E-state index is 0.201. The lowest BCUT2D eigenvalue weighted by Gasteiger charge is -2.35. The quantitative estimate of drug-likeness (QED) is 0.188. The van der Waals surface area contributed by atoms with Crippen LogP contribution in [-0.2, 0) is 10.0 Å². The molecular formula is C29H40Cl2N2O3S2. The zero-order valence-corrected chi connectivity index (χ0v) is 26.2. The monoisotopic (exact) mass is 598 g/mol. The van der Waals surface area contributed by atoms with Gasteiger partial charge in [-0.15, -0.1) is 11.6 Å². The van der Waals surface area contributed by atoms with Gasteiger partial charge in [0.25, 0.3) is 10.0 Å². The summed E-state index contributed by atoms with van der Waals surface area (Å²) in [6, 6.07) is 6.91. The first-order valence-corrected chi connectivity index (χ1v) is 16.7. The third-order valence-corrected chi connectivity index (χ3v) is 10.5. The van der Waals surface area contributed by atoms with Gasteiger partial charge >= 0.3 is 0 Å². The zero-order chi connectivity index (χ0) is 28.7. The summed E-state index contributed by atoms with van der Waals surface area (Å²) in [6.07, 6.45) is 13.1. The van der Waals surface area contributed by atoms with Gasteiger partial charge in [-0.05, 0) is 73.2 Å². The molecule has 0 aromatic heterocycles. The van der Waals surface area contributed by atoms with Crippen LogP contribution >= 0.6 is 32.0 Å². The molecule has 210 valence electrons. The van der Waals surface area contributed by atoms with Crippen LogP contribution in [-0.4, -0.2) is 43.5 Å². The lowest BCUT2D eigenvalue weighted by molar-refractivity contribution is 0.361. The number of ether oxygens (including phenoxy) is 1. The fraction of sp³-hybridized carbons (Fsp3) is 0.345. The molecule has 0 spiro atoms. The fourth-order valence-electron chi connectivity index (χ4n) is 3.85. The van der Waals surface area contributed by atoms with E-state index in [-0.39, 0.29) is 4.20 Å². The largest absolute Gasteiger partial charge is 0.497 e. The number of hydrogen-bond donors (Lipinski definition) is 1. The molecule has 2 aliphatic heterocycles.